The first-order valence-electron chi connectivity index (χ1n) is 9.61. The van der Waals surface area contributed by atoms with Crippen LogP contribution in [0.5, 0.6) is 0 Å². The topological polar surface area (TPSA) is 65.0 Å². The quantitative estimate of drug-likeness (QED) is 0.728. The minimum absolute atomic E-state index is 0.263. The van der Waals surface area contributed by atoms with E-state index in [1.54, 1.807) is 18.8 Å². The summed E-state index contributed by atoms with van der Waals surface area (Å²) in [6, 6.07) is 7.45. The number of fused-ring (bicyclic) bond motifs is 1. The van der Waals surface area contributed by atoms with Crippen molar-refractivity contribution in [1.82, 2.24) is 15.1 Å². The minimum Gasteiger partial charge on any atom is -0.331 e. The highest BCUT2D eigenvalue weighted by Gasteiger charge is 2.48. The molecule has 0 aromatic heterocycles. The lowest BCUT2D eigenvalue weighted by Gasteiger charge is -2.36. The van der Waals surface area contributed by atoms with E-state index in [0.717, 1.165) is 22.9 Å². The zero-order valence-corrected chi connectivity index (χ0v) is 17.1. The average Bonchev–Trinajstić information content (AvgIpc) is 2.99. The second kappa shape index (κ2) is 8.78. The molecule has 1 saturated heterocycles. The lowest BCUT2D eigenvalue weighted by molar-refractivity contribution is -0.127. The van der Waals surface area contributed by atoms with Crippen molar-refractivity contribution in [2.24, 2.45) is 4.99 Å². The van der Waals surface area contributed by atoms with Crippen molar-refractivity contribution in [3.63, 3.8) is 0 Å². The summed E-state index contributed by atoms with van der Waals surface area (Å²) in [5.41, 5.74) is 2.33. The van der Waals surface area contributed by atoms with Crippen molar-refractivity contribution >= 4 is 28.9 Å². The Balaban J connectivity index is 1.78. The first-order chi connectivity index (χ1) is 13.0. The van der Waals surface area contributed by atoms with Gasteiger partial charge in [0.25, 0.3) is 5.91 Å². The predicted octanol–water partition coefficient (Wildman–Crippen LogP) is 3.36. The van der Waals surface area contributed by atoms with Crippen molar-refractivity contribution in [3.8, 4) is 0 Å². The van der Waals surface area contributed by atoms with E-state index in [0.29, 0.717) is 6.54 Å². The first kappa shape index (κ1) is 19.7. The Kier molecular flexibility index (Phi) is 6.42. The number of imide groups is 1. The van der Waals surface area contributed by atoms with Crippen LogP contribution in [-0.2, 0) is 11.3 Å². The third kappa shape index (κ3) is 4.46. The summed E-state index contributed by atoms with van der Waals surface area (Å²) in [4.78, 5) is 32.9. The molecule has 0 radical (unpaired) electrons. The van der Waals surface area contributed by atoms with Crippen LogP contribution in [0.1, 0.15) is 43.7 Å². The molecule has 1 N–H and O–H groups in total. The van der Waals surface area contributed by atoms with Gasteiger partial charge in [-0.25, -0.2) is 9.79 Å². The molecule has 146 valence electrons. The van der Waals surface area contributed by atoms with E-state index >= 15 is 0 Å². The molecule has 1 aromatic carbocycles. The van der Waals surface area contributed by atoms with E-state index in [2.05, 4.69) is 42.3 Å². The SMILES string of the molecule is CCCCCCSC1=NC2C(C(=O)NC(=O)N2C)N1Cc1cccc(C)c1. The predicted molar refractivity (Wildman–Crippen MR) is 110 cm³/mol. The van der Waals surface area contributed by atoms with Crippen molar-refractivity contribution in [2.45, 2.75) is 58.3 Å². The molecule has 27 heavy (non-hydrogen) atoms. The molecule has 3 rings (SSSR count). The number of hydrogen-bond donors (Lipinski definition) is 1. The van der Waals surface area contributed by atoms with Crippen molar-refractivity contribution in [1.29, 1.82) is 0 Å². The molecule has 0 aliphatic carbocycles. The summed E-state index contributed by atoms with van der Waals surface area (Å²) in [5, 5.41) is 3.32. The van der Waals surface area contributed by atoms with Gasteiger partial charge in [0.2, 0.25) is 0 Å². The number of urea groups is 1. The fourth-order valence-electron chi connectivity index (χ4n) is 3.49. The molecule has 3 amide bonds. The van der Waals surface area contributed by atoms with E-state index in [4.69, 9.17) is 4.99 Å². The molecule has 0 saturated carbocycles. The lowest BCUT2D eigenvalue weighted by Crippen LogP contribution is -2.63. The van der Waals surface area contributed by atoms with Crippen LogP contribution in [0.2, 0.25) is 0 Å². The van der Waals surface area contributed by atoms with Gasteiger partial charge in [0.1, 0.15) is 0 Å². The van der Waals surface area contributed by atoms with Crippen molar-refractivity contribution in [2.75, 3.05) is 12.8 Å². The standard InChI is InChI=1S/C20H28N4O2S/c1-4-5-6-7-11-27-20-21-17-16(18(25)22-19(26)23(17)3)24(20)13-15-10-8-9-14(2)12-15/h8-10,12,16-17H,4-7,11,13H2,1-3H3,(H,22,25,26). The molecule has 7 heteroatoms. The van der Waals surface area contributed by atoms with Gasteiger partial charge in [-0.1, -0.05) is 67.8 Å². The minimum atomic E-state index is -0.466. The van der Waals surface area contributed by atoms with Gasteiger partial charge < -0.3 is 9.80 Å². The van der Waals surface area contributed by atoms with E-state index < -0.39 is 12.2 Å². The van der Waals surface area contributed by atoms with E-state index in [9.17, 15) is 9.59 Å². The molecule has 2 heterocycles. The maximum absolute atomic E-state index is 12.6. The Labute approximate surface area is 165 Å². The monoisotopic (exact) mass is 388 g/mol. The van der Waals surface area contributed by atoms with E-state index in [1.807, 2.05) is 6.07 Å². The van der Waals surface area contributed by atoms with Crippen LogP contribution < -0.4 is 5.32 Å². The van der Waals surface area contributed by atoms with E-state index in [1.165, 1.54) is 29.7 Å². The fraction of sp³-hybridized carbons (Fsp3) is 0.550. The van der Waals surface area contributed by atoms with Crippen LogP contribution in [0.15, 0.2) is 29.3 Å². The van der Waals surface area contributed by atoms with Crippen LogP contribution in [0.4, 0.5) is 4.79 Å². The largest absolute Gasteiger partial charge is 0.331 e. The Morgan fingerprint density at radius 3 is 2.78 bits per heavy atom. The highest BCUT2D eigenvalue weighted by molar-refractivity contribution is 8.13. The number of carbonyl (C=O) groups is 2. The average molecular weight is 389 g/mol. The van der Waals surface area contributed by atoms with Gasteiger partial charge >= 0.3 is 6.03 Å². The summed E-state index contributed by atoms with van der Waals surface area (Å²) in [6.45, 7) is 4.88. The number of thioether (sulfide) groups is 1. The van der Waals surface area contributed by atoms with Gasteiger partial charge in [0.05, 0.1) is 0 Å². The van der Waals surface area contributed by atoms with Gasteiger partial charge in [-0.05, 0) is 18.9 Å². The third-order valence-electron chi connectivity index (χ3n) is 4.99. The second-order valence-corrected chi connectivity index (χ2v) is 8.26. The second-order valence-electron chi connectivity index (χ2n) is 7.20. The number of amides is 3. The molecule has 0 bridgehead atoms. The Morgan fingerprint density at radius 2 is 2.04 bits per heavy atom. The number of hydrogen-bond acceptors (Lipinski definition) is 5. The molecular weight excluding hydrogens is 360 g/mol. The molecular formula is C20H28N4O2S. The third-order valence-corrected chi connectivity index (χ3v) is 6.08. The summed E-state index contributed by atoms with van der Waals surface area (Å²) >= 11 is 1.70. The van der Waals surface area contributed by atoms with Gasteiger partial charge in [0, 0.05) is 19.3 Å². The van der Waals surface area contributed by atoms with Crippen LogP contribution in [0, 0.1) is 6.92 Å². The zero-order valence-electron chi connectivity index (χ0n) is 16.3. The fourth-order valence-corrected chi connectivity index (χ4v) is 4.54. The number of likely N-dealkylation sites (N-methyl/N-ethyl adjacent to an activating group) is 1. The van der Waals surface area contributed by atoms with Crippen LogP contribution in [0.3, 0.4) is 0 Å². The number of unbranched alkanes of at least 4 members (excludes halogenated alkanes) is 3. The number of amidine groups is 1. The summed E-state index contributed by atoms with van der Waals surface area (Å²) in [5.74, 6) is 0.711. The number of aryl methyl sites for hydroxylation is 1. The van der Waals surface area contributed by atoms with Crippen LogP contribution in [-0.4, -0.2) is 51.9 Å². The summed E-state index contributed by atoms with van der Waals surface area (Å²) < 4.78 is 0. The molecule has 2 unspecified atom stereocenters. The molecule has 2 atom stereocenters. The molecule has 2 aliphatic heterocycles. The maximum atomic E-state index is 12.6. The molecule has 1 aromatic rings. The van der Waals surface area contributed by atoms with Crippen LogP contribution >= 0.6 is 11.8 Å². The van der Waals surface area contributed by atoms with Crippen LogP contribution in [0.25, 0.3) is 0 Å². The number of nitrogens with zero attached hydrogens (tertiary/aromatic N) is 3. The Morgan fingerprint density at radius 1 is 1.22 bits per heavy atom. The Hall–Kier alpha value is -2.02. The normalized spacial score (nSPS) is 22.0. The van der Waals surface area contributed by atoms with Gasteiger partial charge in [-0.3, -0.25) is 10.1 Å². The molecule has 1 fully saturated rings. The lowest BCUT2D eigenvalue weighted by atomic mass is 10.1. The summed E-state index contributed by atoms with van der Waals surface area (Å²) in [6.07, 6.45) is 4.34. The molecule has 6 nitrogen and oxygen atoms in total. The summed E-state index contributed by atoms with van der Waals surface area (Å²) in [7, 11) is 1.70. The van der Waals surface area contributed by atoms with Crippen molar-refractivity contribution < 1.29 is 9.59 Å². The smallest absolute Gasteiger partial charge is 0.325 e. The van der Waals surface area contributed by atoms with Gasteiger partial charge in [0.15, 0.2) is 17.4 Å². The number of nitrogens with one attached hydrogen (secondary N) is 1. The molecule has 0 spiro atoms. The highest BCUT2D eigenvalue weighted by atomic mass is 32.2. The van der Waals surface area contributed by atoms with Crippen molar-refractivity contribution in [3.05, 3.63) is 35.4 Å². The maximum Gasteiger partial charge on any atom is 0.325 e. The number of carbonyl (C=O) groups excluding carboxylic acids is 2. The Bertz CT molecular complexity index is 736. The van der Waals surface area contributed by atoms with Gasteiger partial charge in [-0.2, -0.15) is 0 Å². The zero-order chi connectivity index (χ0) is 19.4. The van der Waals surface area contributed by atoms with E-state index in [-0.39, 0.29) is 11.9 Å². The number of aliphatic imine (C=N–C) groups is 1. The first-order valence-corrected chi connectivity index (χ1v) is 10.6. The molecule has 2 aliphatic rings. The van der Waals surface area contributed by atoms with Gasteiger partial charge in [-0.15, -0.1) is 0 Å². The number of rotatable bonds is 7. The highest BCUT2D eigenvalue weighted by Crippen LogP contribution is 2.30. The number of benzene rings is 1.